The van der Waals surface area contributed by atoms with Gasteiger partial charge >= 0.3 is 0 Å². The summed E-state index contributed by atoms with van der Waals surface area (Å²) >= 11 is 5.45. The number of aromatic amines is 1. The largest absolute Gasteiger partial charge is 0.497 e. The molecule has 0 radical (unpaired) electrons. The fourth-order valence-electron chi connectivity index (χ4n) is 2.76. The topological polar surface area (TPSA) is 33.2 Å². The van der Waals surface area contributed by atoms with Crippen LogP contribution in [0, 0.1) is 4.77 Å². The van der Waals surface area contributed by atoms with Crippen LogP contribution in [0.1, 0.15) is 19.8 Å². The number of H-pyrrole nitrogens is 1. The van der Waals surface area contributed by atoms with Gasteiger partial charge in [0, 0.05) is 25.2 Å². The molecule has 108 valence electrons. The molecular weight excluding hydrogens is 270 g/mol. The molecule has 4 nitrogen and oxygen atoms in total. The molecule has 1 aromatic heterocycles. The molecule has 0 amide bonds. The van der Waals surface area contributed by atoms with Crippen LogP contribution in [0.2, 0.25) is 0 Å². The molecule has 1 N–H and O–H groups in total. The summed E-state index contributed by atoms with van der Waals surface area (Å²) in [7, 11) is 1.68. The van der Waals surface area contributed by atoms with Crippen molar-refractivity contribution >= 4 is 23.3 Å². The summed E-state index contributed by atoms with van der Waals surface area (Å²) in [5, 5.41) is 0. The number of imidazole rings is 1. The van der Waals surface area contributed by atoms with E-state index < -0.39 is 0 Å². The highest BCUT2D eigenvalue weighted by atomic mass is 32.1. The van der Waals surface area contributed by atoms with Crippen molar-refractivity contribution in [1.82, 2.24) is 14.5 Å². The van der Waals surface area contributed by atoms with Crippen molar-refractivity contribution in [2.75, 3.05) is 20.2 Å². The van der Waals surface area contributed by atoms with Gasteiger partial charge in [0.05, 0.1) is 18.1 Å². The molecule has 0 atom stereocenters. The Morgan fingerprint density at radius 1 is 1.45 bits per heavy atom. The first-order valence-electron chi connectivity index (χ1n) is 7.23. The van der Waals surface area contributed by atoms with Gasteiger partial charge in [0.2, 0.25) is 0 Å². The number of hydrogen-bond donors (Lipinski definition) is 1. The minimum absolute atomic E-state index is 0.792. The number of aromatic nitrogens is 2. The van der Waals surface area contributed by atoms with E-state index in [0.29, 0.717) is 0 Å². The Labute approximate surface area is 124 Å². The minimum atomic E-state index is 0.792. The Bertz CT molecular complexity index is 657. The first-order valence-corrected chi connectivity index (χ1v) is 7.64. The van der Waals surface area contributed by atoms with Crippen LogP contribution in [0.15, 0.2) is 18.2 Å². The highest BCUT2D eigenvalue weighted by molar-refractivity contribution is 7.71. The van der Waals surface area contributed by atoms with Crippen molar-refractivity contribution in [2.24, 2.45) is 0 Å². The monoisotopic (exact) mass is 291 g/mol. The number of likely N-dealkylation sites (N-methyl/N-ethyl adjacent to an activating group) is 1. The van der Waals surface area contributed by atoms with Gasteiger partial charge in [-0.05, 0) is 43.7 Å². The predicted molar refractivity (Wildman–Crippen MR) is 83.9 cm³/mol. The summed E-state index contributed by atoms with van der Waals surface area (Å²) in [6.07, 6.45) is 2.70. The van der Waals surface area contributed by atoms with E-state index in [2.05, 4.69) is 27.4 Å². The van der Waals surface area contributed by atoms with Crippen LogP contribution in [0.4, 0.5) is 0 Å². The zero-order chi connectivity index (χ0) is 14.1. The van der Waals surface area contributed by atoms with Crippen LogP contribution in [0.3, 0.4) is 0 Å². The van der Waals surface area contributed by atoms with Crippen LogP contribution < -0.4 is 4.74 Å². The molecule has 5 heteroatoms. The Morgan fingerprint density at radius 3 is 2.90 bits per heavy atom. The second-order valence-corrected chi connectivity index (χ2v) is 5.71. The summed E-state index contributed by atoms with van der Waals surface area (Å²) in [4.78, 5) is 5.81. The lowest BCUT2D eigenvalue weighted by Crippen LogP contribution is -2.29. The van der Waals surface area contributed by atoms with Crippen molar-refractivity contribution < 1.29 is 4.74 Å². The van der Waals surface area contributed by atoms with Gasteiger partial charge in [0.15, 0.2) is 4.77 Å². The average Bonchev–Trinajstić information content (AvgIpc) is 3.24. The second kappa shape index (κ2) is 5.58. The number of ether oxygens (including phenoxy) is 1. The second-order valence-electron chi connectivity index (χ2n) is 5.32. The van der Waals surface area contributed by atoms with Crippen LogP contribution in [0.25, 0.3) is 11.0 Å². The van der Waals surface area contributed by atoms with E-state index in [1.54, 1.807) is 7.11 Å². The van der Waals surface area contributed by atoms with Crippen LogP contribution in [-0.4, -0.2) is 40.7 Å². The van der Waals surface area contributed by atoms with E-state index in [4.69, 9.17) is 17.0 Å². The van der Waals surface area contributed by atoms with Gasteiger partial charge in [-0.15, -0.1) is 0 Å². The molecule has 1 aliphatic carbocycles. The fraction of sp³-hybridized carbons (Fsp3) is 0.533. The Balaban J connectivity index is 1.83. The summed E-state index contributed by atoms with van der Waals surface area (Å²) in [6.45, 7) is 5.36. The van der Waals surface area contributed by atoms with Gasteiger partial charge in [0.25, 0.3) is 0 Å². The highest BCUT2D eigenvalue weighted by Gasteiger charge is 2.27. The molecule has 0 unspecified atom stereocenters. The molecule has 0 aliphatic heterocycles. The Kier molecular flexibility index (Phi) is 3.81. The number of fused-ring (bicyclic) bond motifs is 1. The number of benzene rings is 1. The van der Waals surface area contributed by atoms with E-state index >= 15 is 0 Å². The van der Waals surface area contributed by atoms with Crippen LogP contribution in [0.5, 0.6) is 5.75 Å². The summed E-state index contributed by atoms with van der Waals surface area (Å²) in [6, 6.07) is 6.87. The van der Waals surface area contributed by atoms with Gasteiger partial charge in [0.1, 0.15) is 5.75 Å². The standard InChI is InChI=1S/C15H21N3OS/c1-3-17(11-4-5-11)8-9-18-14-7-6-12(19-2)10-13(14)16-15(18)20/h6-7,10-11H,3-5,8-9H2,1-2H3,(H,16,20). The smallest absolute Gasteiger partial charge is 0.178 e. The van der Waals surface area contributed by atoms with Crippen LogP contribution in [-0.2, 0) is 6.54 Å². The average molecular weight is 291 g/mol. The first-order chi connectivity index (χ1) is 9.72. The lowest BCUT2D eigenvalue weighted by molar-refractivity contribution is 0.267. The molecule has 1 saturated carbocycles. The maximum Gasteiger partial charge on any atom is 0.178 e. The Morgan fingerprint density at radius 2 is 2.25 bits per heavy atom. The Hall–Kier alpha value is -1.33. The maximum absolute atomic E-state index is 5.45. The third kappa shape index (κ3) is 2.60. The van der Waals surface area contributed by atoms with Gasteiger partial charge in [-0.1, -0.05) is 6.92 Å². The number of rotatable bonds is 6. The molecule has 3 rings (SSSR count). The molecule has 1 heterocycles. The molecule has 0 spiro atoms. The highest BCUT2D eigenvalue weighted by Crippen LogP contribution is 2.26. The van der Waals surface area contributed by atoms with Crippen molar-refractivity contribution in [3.05, 3.63) is 23.0 Å². The number of hydrogen-bond acceptors (Lipinski definition) is 3. The molecule has 1 aliphatic rings. The molecule has 0 bridgehead atoms. The van der Waals surface area contributed by atoms with Crippen LogP contribution >= 0.6 is 12.2 Å². The number of nitrogens with zero attached hydrogens (tertiary/aromatic N) is 2. The van der Waals surface area contributed by atoms with Crippen molar-refractivity contribution in [1.29, 1.82) is 0 Å². The molecule has 1 fully saturated rings. The molecule has 1 aromatic carbocycles. The zero-order valence-electron chi connectivity index (χ0n) is 12.1. The van der Waals surface area contributed by atoms with Crippen molar-refractivity contribution in [3.8, 4) is 5.75 Å². The third-order valence-corrected chi connectivity index (χ3v) is 4.38. The lowest BCUT2D eigenvalue weighted by Gasteiger charge is -2.20. The molecule has 0 saturated heterocycles. The fourth-order valence-corrected chi connectivity index (χ4v) is 3.06. The molecular formula is C15H21N3OS. The van der Waals surface area contributed by atoms with Gasteiger partial charge < -0.3 is 14.3 Å². The normalized spacial score (nSPS) is 15.2. The van der Waals surface area contributed by atoms with Crippen molar-refractivity contribution in [2.45, 2.75) is 32.4 Å². The van der Waals surface area contributed by atoms with E-state index in [1.165, 1.54) is 12.8 Å². The summed E-state index contributed by atoms with van der Waals surface area (Å²) in [5.41, 5.74) is 2.20. The number of methoxy groups -OCH3 is 1. The quantitative estimate of drug-likeness (QED) is 0.830. The summed E-state index contributed by atoms with van der Waals surface area (Å²) < 4.78 is 8.24. The lowest BCUT2D eigenvalue weighted by atomic mass is 10.3. The van der Waals surface area contributed by atoms with Crippen molar-refractivity contribution in [3.63, 3.8) is 0 Å². The maximum atomic E-state index is 5.45. The van der Waals surface area contributed by atoms with E-state index in [-0.39, 0.29) is 0 Å². The summed E-state index contributed by atoms with van der Waals surface area (Å²) in [5.74, 6) is 0.856. The predicted octanol–water partition coefficient (Wildman–Crippen LogP) is 3.19. The first kappa shape index (κ1) is 13.6. The van der Waals surface area contributed by atoms with E-state index in [1.807, 2.05) is 12.1 Å². The SMILES string of the molecule is CCN(CCn1c(=S)[nH]c2cc(OC)ccc21)C1CC1. The van der Waals surface area contributed by atoms with Gasteiger partial charge in [-0.2, -0.15) is 0 Å². The zero-order valence-corrected chi connectivity index (χ0v) is 12.9. The van der Waals surface area contributed by atoms with Gasteiger partial charge in [-0.3, -0.25) is 4.90 Å². The molecule has 20 heavy (non-hydrogen) atoms. The number of nitrogens with one attached hydrogen (secondary N) is 1. The third-order valence-electron chi connectivity index (χ3n) is 4.06. The van der Waals surface area contributed by atoms with E-state index in [0.717, 1.165) is 47.2 Å². The molecule has 2 aromatic rings. The van der Waals surface area contributed by atoms with Gasteiger partial charge in [-0.25, -0.2) is 0 Å². The minimum Gasteiger partial charge on any atom is -0.497 e. The van der Waals surface area contributed by atoms with E-state index in [9.17, 15) is 0 Å².